The van der Waals surface area contributed by atoms with Crippen molar-refractivity contribution in [3.8, 4) is 10.7 Å². The molecule has 5 nitrogen and oxygen atoms in total. The summed E-state index contributed by atoms with van der Waals surface area (Å²) in [7, 11) is 0. The van der Waals surface area contributed by atoms with Crippen LogP contribution in [0.15, 0.2) is 24.3 Å². The maximum Gasteiger partial charge on any atom is 0.262 e. The quantitative estimate of drug-likeness (QED) is 0.617. The van der Waals surface area contributed by atoms with Crippen molar-refractivity contribution in [1.29, 1.82) is 0 Å². The van der Waals surface area contributed by atoms with Crippen LogP contribution < -0.4 is 5.32 Å². The molecule has 0 aliphatic heterocycles. The normalized spacial score (nSPS) is 15.3. The highest BCUT2D eigenvalue weighted by molar-refractivity contribution is 7.14. The summed E-state index contributed by atoms with van der Waals surface area (Å²) in [5, 5.41) is 13.5. The molecule has 0 radical (unpaired) electrons. The second-order valence-electron chi connectivity index (χ2n) is 7.89. The zero-order valence-electron chi connectivity index (χ0n) is 16.5. The number of hydrogen-bond acceptors (Lipinski definition) is 4. The highest BCUT2D eigenvalue weighted by Crippen LogP contribution is 2.34. The SMILES string of the molecule is Cc1cccc2c1cc(-c1nnc(CNC(=O)C3CCCC3)s1)n2CC(C)(F)F. The minimum absolute atomic E-state index is 0.0645. The van der Waals surface area contributed by atoms with E-state index in [1.165, 1.54) is 11.3 Å². The van der Waals surface area contributed by atoms with Gasteiger partial charge in [-0.25, -0.2) is 8.78 Å². The number of hydrogen-bond donors (Lipinski definition) is 1. The topological polar surface area (TPSA) is 59.8 Å². The molecule has 2 aromatic heterocycles. The Morgan fingerprint density at radius 2 is 2.07 bits per heavy atom. The van der Waals surface area contributed by atoms with Gasteiger partial charge in [-0.1, -0.05) is 36.3 Å². The Kier molecular flexibility index (Phi) is 5.38. The molecule has 0 atom stereocenters. The van der Waals surface area contributed by atoms with E-state index in [9.17, 15) is 13.6 Å². The van der Waals surface area contributed by atoms with Gasteiger partial charge in [0, 0.05) is 23.7 Å². The number of aromatic nitrogens is 3. The lowest BCUT2D eigenvalue weighted by Crippen LogP contribution is -2.28. The van der Waals surface area contributed by atoms with Crippen molar-refractivity contribution >= 4 is 28.1 Å². The Bertz CT molecular complexity index is 1030. The summed E-state index contributed by atoms with van der Waals surface area (Å²) in [5.74, 6) is -2.69. The number of amides is 1. The minimum Gasteiger partial charge on any atom is -0.349 e. The van der Waals surface area contributed by atoms with Crippen molar-refractivity contribution in [3.63, 3.8) is 0 Å². The third kappa shape index (κ3) is 4.32. The summed E-state index contributed by atoms with van der Waals surface area (Å²) in [6.07, 6.45) is 4.09. The Balaban J connectivity index is 1.60. The summed E-state index contributed by atoms with van der Waals surface area (Å²) in [6, 6.07) is 7.58. The lowest BCUT2D eigenvalue weighted by molar-refractivity contribution is -0.124. The van der Waals surface area contributed by atoms with Crippen molar-refractivity contribution in [2.24, 2.45) is 5.92 Å². The van der Waals surface area contributed by atoms with Crippen molar-refractivity contribution < 1.29 is 13.6 Å². The van der Waals surface area contributed by atoms with Gasteiger partial charge in [0.1, 0.15) is 5.01 Å². The standard InChI is InChI=1S/C21H24F2N4OS/c1-13-6-5-9-16-15(13)10-17(27(16)12-21(2,22)23)20-26-25-18(29-20)11-24-19(28)14-7-3-4-8-14/h5-6,9-10,14H,3-4,7-8,11-12H2,1-2H3,(H,24,28). The first-order valence-corrected chi connectivity index (χ1v) is 10.7. The number of nitrogens with one attached hydrogen (secondary N) is 1. The third-order valence-electron chi connectivity index (χ3n) is 5.43. The minimum atomic E-state index is -2.85. The molecule has 8 heteroatoms. The predicted molar refractivity (Wildman–Crippen MR) is 110 cm³/mol. The molecular formula is C21H24F2N4OS. The van der Waals surface area contributed by atoms with Gasteiger partial charge in [-0.05, 0) is 37.5 Å². The van der Waals surface area contributed by atoms with E-state index in [0.29, 0.717) is 22.3 Å². The first kappa shape index (κ1) is 19.9. The van der Waals surface area contributed by atoms with Gasteiger partial charge in [0.2, 0.25) is 5.91 Å². The summed E-state index contributed by atoms with van der Waals surface area (Å²) in [6.45, 7) is 2.77. The molecular weight excluding hydrogens is 394 g/mol. The zero-order valence-corrected chi connectivity index (χ0v) is 17.4. The molecule has 29 heavy (non-hydrogen) atoms. The molecule has 1 fully saturated rings. The average Bonchev–Trinajstić information content (AvgIpc) is 3.39. The van der Waals surface area contributed by atoms with Gasteiger partial charge in [0.15, 0.2) is 5.01 Å². The van der Waals surface area contributed by atoms with Crippen LogP contribution in [0, 0.1) is 12.8 Å². The number of carbonyl (C=O) groups excluding carboxylic acids is 1. The van der Waals surface area contributed by atoms with Gasteiger partial charge in [-0.3, -0.25) is 4.79 Å². The van der Waals surface area contributed by atoms with Crippen molar-refractivity contribution in [2.75, 3.05) is 0 Å². The van der Waals surface area contributed by atoms with Crippen LogP contribution in [0.1, 0.15) is 43.2 Å². The fourth-order valence-electron chi connectivity index (χ4n) is 3.98. The Morgan fingerprint density at radius 3 is 2.79 bits per heavy atom. The third-order valence-corrected chi connectivity index (χ3v) is 6.37. The van der Waals surface area contributed by atoms with Crippen molar-refractivity contribution in [2.45, 2.75) is 58.5 Å². The van der Waals surface area contributed by atoms with Crippen LogP contribution in [0.25, 0.3) is 21.6 Å². The summed E-state index contributed by atoms with van der Waals surface area (Å²) < 4.78 is 29.4. The van der Waals surface area contributed by atoms with E-state index in [-0.39, 0.29) is 11.8 Å². The van der Waals surface area contributed by atoms with Crippen LogP contribution in [-0.4, -0.2) is 26.6 Å². The molecule has 1 N–H and O–H groups in total. The molecule has 0 spiro atoms. The van der Waals surface area contributed by atoms with E-state index in [1.807, 2.05) is 31.2 Å². The second kappa shape index (κ2) is 7.82. The van der Waals surface area contributed by atoms with Crippen LogP contribution >= 0.6 is 11.3 Å². The number of alkyl halides is 2. The summed E-state index contributed by atoms with van der Waals surface area (Å²) in [5.41, 5.74) is 2.41. The van der Waals surface area contributed by atoms with E-state index >= 15 is 0 Å². The molecule has 0 bridgehead atoms. The maximum absolute atomic E-state index is 13.9. The van der Waals surface area contributed by atoms with Crippen LogP contribution in [0.2, 0.25) is 0 Å². The van der Waals surface area contributed by atoms with Crippen molar-refractivity contribution in [3.05, 3.63) is 34.8 Å². The van der Waals surface area contributed by atoms with E-state index in [2.05, 4.69) is 15.5 Å². The number of carbonyl (C=O) groups is 1. The monoisotopic (exact) mass is 418 g/mol. The molecule has 1 saturated carbocycles. The molecule has 2 heterocycles. The Morgan fingerprint density at radius 1 is 1.31 bits per heavy atom. The van der Waals surface area contributed by atoms with Crippen LogP contribution in [-0.2, 0) is 17.9 Å². The van der Waals surface area contributed by atoms with E-state index in [1.54, 1.807) is 4.57 Å². The summed E-state index contributed by atoms with van der Waals surface area (Å²) >= 11 is 1.33. The number of rotatable bonds is 6. The molecule has 3 aromatic rings. The van der Waals surface area contributed by atoms with Gasteiger partial charge in [0.25, 0.3) is 5.92 Å². The van der Waals surface area contributed by atoms with Crippen molar-refractivity contribution in [1.82, 2.24) is 20.1 Å². The molecule has 1 amide bonds. The second-order valence-corrected chi connectivity index (χ2v) is 8.96. The number of fused-ring (bicyclic) bond motifs is 1. The maximum atomic E-state index is 13.9. The number of nitrogens with zero attached hydrogens (tertiary/aromatic N) is 3. The molecule has 0 unspecified atom stereocenters. The summed E-state index contributed by atoms with van der Waals surface area (Å²) in [4.78, 5) is 12.2. The molecule has 0 saturated heterocycles. The van der Waals surface area contributed by atoms with Gasteiger partial charge < -0.3 is 9.88 Å². The van der Waals surface area contributed by atoms with E-state index in [0.717, 1.165) is 49.1 Å². The van der Waals surface area contributed by atoms with Crippen LogP contribution in [0.5, 0.6) is 0 Å². The highest BCUT2D eigenvalue weighted by Gasteiger charge is 2.26. The molecule has 4 rings (SSSR count). The van der Waals surface area contributed by atoms with Crippen LogP contribution in [0.3, 0.4) is 0 Å². The largest absolute Gasteiger partial charge is 0.349 e. The fourth-order valence-corrected chi connectivity index (χ4v) is 4.79. The van der Waals surface area contributed by atoms with E-state index < -0.39 is 12.5 Å². The first-order chi connectivity index (χ1) is 13.8. The smallest absolute Gasteiger partial charge is 0.262 e. The molecule has 154 valence electrons. The first-order valence-electron chi connectivity index (χ1n) is 9.89. The lowest BCUT2D eigenvalue weighted by Gasteiger charge is -2.15. The molecule has 1 aliphatic carbocycles. The van der Waals surface area contributed by atoms with Crippen LogP contribution in [0.4, 0.5) is 8.78 Å². The fraction of sp³-hybridized carbons (Fsp3) is 0.476. The van der Waals surface area contributed by atoms with E-state index in [4.69, 9.17) is 0 Å². The van der Waals surface area contributed by atoms with Gasteiger partial charge in [0.05, 0.1) is 18.8 Å². The van der Waals surface area contributed by atoms with Gasteiger partial charge in [-0.15, -0.1) is 10.2 Å². The lowest BCUT2D eigenvalue weighted by atomic mass is 10.1. The number of halogens is 2. The number of aryl methyl sites for hydroxylation is 1. The highest BCUT2D eigenvalue weighted by atomic mass is 32.1. The number of benzene rings is 1. The predicted octanol–water partition coefficient (Wildman–Crippen LogP) is 4.93. The Labute approximate surface area is 172 Å². The molecule has 1 aliphatic rings. The van der Waals surface area contributed by atoms with Gasteiger partial charge >= 0.3 is 0 Å². The zero-order chi connectivity index (χ0) is 20.6. The average molecular weight is 419 g/mol. The van der Waals surface area contributed by atoms with Gasteiger partial charge in [-0.2, -0.15) is 0 Å². The Hall–Kier alpha value is -2.35. The molecule has 1 aromatic carbocycles.